The molecule has 0 spiro atoms. The van der Waals surface area contributed by atoms with Crippen LogP contribution in [0.1, 0.15) is 0 Å². The van der Waals surface area contributed by atoms with Crippen LogP contribution in [0.25, 0.3) is 0 Å². The number of rotatable bonds is 2. The van der Waals surface area contributed by atoms with Crippen molar-refractivity contribution in [2.45, 2.75) is 0 Å². The van der Waals surface area contributed by atoms with E-state index in [9.17, 15) is 0 Å². The Bertz CT molecular complexity index is 17.7. The van der Waals surface area contributed by atoms with E-state index in [1.54, 1.807) is 7.05 Å². The van der Waals surface area contributed by atoms with Crippen LogP contribution in [-0.4, -0.2) is 36.3 Å². The standard InChI is InChI=1S/C3H9NO.2H2O/c1-4-2-3-5;;/h4-5H,2-3H2,1H3;2*1H2. The van der Waals surface area contributed by atoms with Gasteiger partial charge in [0.2, 0.25) is 0 Å². The van der Waals surface area contributed by atoms with Gasteiger partial charge < -0.3 is 21.4 Å². The Hall–Kier alpha value is -0.160. The van der Waals surface area contributed by atoms with Crippen LogP contribution in [0.2, 0.25) is 0 Å². The molecule has 0 aromatic carbocycles. The quantitative estimate of drug-likeness (QED) is 0.413. The lowest BCUT2D eigenvalue weighted by Gasteiger charge is -1.84. The van der Waals surface area contributed by atoms with Crippen molar-refractivity contribution in [3.8, 4) is 0 Å². The third-order valence-corrected chi connectivity index (χ3v) is 0.362. The maximum atomic E-state index is 8.00. The summed E-state index contributed by atoms with van der Waals surface area (Å²) < 4.78 is 0. The van der Waals surface area contributed by atoms with Gasteiger partial charge in [0, 0.05) is 6.54 Å². The molecule has 6 N–H and O–H groups in total. The zero-order chi connectivity index (χ0) is 4.12. The zero-order valence-corrected chi connectivity index (χ0v) is 4.36. The van der Waals surface area contributed by atoms with Gasteiger partial charge in [-0.2, -0.15) is 0 Å². The molecule has 0 fully saturated rings. The average molecular weight is 111 g/mol. The summed E-state index contributed by atoms with van der Waals surface area (Å²) >= 11 is 0. The van der Waals surface area contributed by atoms with Crippen LogP contribution in [0.15, 0.2) is 0 Å². The molecule has 0 atom stereocenters. The first kappa shape index (κ1) is 15.8. The Morgan fingerprint density at radius 1 is 1.43 bits per heavy atom. The van der Waals surface area contributed by atoms with Crippen molar-refractivity contribution in [3.05, 3.63) is 0 Å². The number of hydrogen-bond donors (Lipinski definition) is 2. The molecule has 48 valence electrons. The molecule has 0 aliphatic heterocycles. The smallest absolute Gasteiger partial charge is 0.0555 e. The summed E-state index contributed by atoms with van der Waals surface area (Å²) in [6.07, 6.45) is 0. The molecule has 0 saturated carbocycles. The first-order valence-corrected chi connectivity index (χ1v) is 1.67. The van der Waals surface area contributed by atoms with Crippen LogP contribution in [0.5, 0.6) is 0 Å². The lowest BCUT2D eigenvalue weighted by atomic mass is 10.7. The van der Waals surface area contributed by atoms with Crippen molar-refractivity contribution >= 4 is 0 Å². The van der Waals surface area contributed by atoms with Crippen molar-refractivity contribution in [1.82, 2.24) is 5.32 Å². The summed E-state index contributed by atoms with van der Waals surface area (Å²) in [5, 5.41) is 10.8. The monoisotopic (exact) mass is 111 g/mol. The molecule has 7 heavy (non-hydrogen) atoms. The first-order chi connectivity index (χ1) is 2.41. The third kappa shape index (κ3) is 25.4. The Morgan fingerprint density at radius 2 is 1.86 bits per heavy atom. The first-order valence-electron chi connectivity index (χ1n) is 1.67. The van der Waals surface area contributed by atoms with Gasteiger partial charge in [0.15, 0.2) is 0 Å². The van der Waals surface area contributed by atoms with Crippen LogP contribution in [0.3, 0.4) is 0 Å². The van der Waals surface area contributed by atoms with Crippen LogP contribution in [0.4, 0.5) is 0 Å². The molecular formula is C3H13NO3. The van der Waals surface area contributed by atoms with E-state index in [0.717, 1.165) is 0 Å². The highest BCUT2D eigenvalue weighted by atomic mass is 16.3. The molecule has 0 aromatic rings. The van der Waals surface area contributed by atoms with Gasteiger partial charge in [-0.1, -0.05) is 0 Å². The van der Waals surface area contributed by atoms with Gasteiger partial charge in [-0.05, 0) is 7.05 Å². The molecule has 0 amide bonds. The molecule has 0 bridgehead atoms. The van der Waals surface area contributed by atoms with E-state index in [1.165, 1.54) is 0 Å². The fourth-order valence-corrected chi connectivity index (χ4v) is 0.112. The lowest BCUT2D eigenvalue weighted by molar-refractivity contribution is 0.296. The maximum absolute atomic E-state index is 8.00. The lowest BCUT2D eigenvalue weighted by Crippen LogP contribution is -2.10. The van der Waals surface area contributed by atoms with Crippen LogP contribution < -0.4 is 5.32 Å². The topological polar surface area (TPSA) is 95.3 Å². The maximum Gasteiger partial charge on any atom is 0.0555 e. The Labute approximate surface area is 42.8 Å². The van der Waals surface area contributed by atoms with Gasteiger partial charge in [0.1, 0.15) is 0 Å². The summed E-state index contributed by atoms with van der Waals surface area (Å²) in [6, 6.07) is 0. The van der Waals surface area contributed by atoms with Crippen LogP contribution >= 0.6 is 0 Å². The van der Waals surface area contributed by atoms with Crippen LogP contribution in [0, 0.1) is 0 Å². The van der Waals surface area contributed by atoms with E-state index in [4.69, 9.17) is 5.11 Å². The molecule has 0 unspecified atom stereocenters. The normalized spacial score (nSPS) is 6.00. The van der Waals surface area contributed by atoms with Gasteiger partial charge in [-0.25, -0.2) is 0 Å². The molecule has 0 radical (unpaired) electrons. The summed E-state index contributed by atoms with van der Waals surface area (Å²) in [4.78, 5) is 0. The average Bonchev–Trinajstić information content (AvgIpc) is 1.41. The van der Waals surface area contributed by atoms with Gasteiger partial charge in [0.05, 0.1) is 6.61 Å². The number of nitrogens with one attached hydrogen (secondary N) is 1. The largest absolute Gasteiger partial charge is 0.412 e. The Balaban J connectivity index is -0.0000000800. The molecule has 0 aliphatic rings. The highest BCUT2D eigenvalue weighted by molar-refractivity contribution is 4.27. The van der Waals surface area contributed by atoms with Gasteiger partial charge >= 0.3 is 0 Å². The van der Waals surface area contributed by atoms with Crippen molar-refractivity contribution in [2.24, 2.45) is 0 Å². The van der Waals surface area contributed by atoms with E-state index >= 15 is 0 Å². The Morgan fingerprint density at radius 3 is 1.86 bits per heavy atom. The second-order valence-corrected chi connectivity index (χ2v) is 0.827. The molecule has 4 nitrogen and oxygen atoms in total. The molecule has 0 aromatic heterocycles. The molecule has 0 heterocycles. The molecule has 0 saturated heterocycles. The zero-order valence-electron chi connectivity index (χ0n) is 4.36. The number of aliphatic hydroxyl groups excluding tert-OH is 1. The van der Waals surface area contributed by atoms with E-state index in [2.05, 4.69) is 5.32 Å². The van der Waals surface area contributed by atoms with Crippen molar-refractivity contribution in [2.75, 3.05) is 20.2 Å². The number of aliphatic hydroxyl groups is 1. The van der Waals surface area contributed by atoms with Crippen molar-refractivity contribution < 1.29 is 16.1 Å². The van der Waals surface area contributed by atoms with Crippen molar-refractivity contribution in [3.63, 3.8) is 0 Å². The summed E-state index contributed by atoms with van der Waals surface area (Å²) in [5.74, 6) is 0. The van der Waals surface area contributed by atoms with E-state index < -0.39 is 0 Å². The van der Waals surface area contributed by atoms with E-state index in [0.29, 0.717) is 6.54 Å². The SMILES string of the molecule is CNCCO.O.O. The predicted molar refractivity (Wildman–Crippen MR) is 28.2 cm³/mol. The minimum atomic E-state index is 0. The molecule has 0 aliphatic carbocycles. The highest BCUT2D eigenvalue weighted by Gasteiger charge is 1.65. The summed E-state index contributed by atoms with van der Waals surface area (Å²) in [6.45, 7) is 0.927. The van der Waals surface area contributed by atoms with E-state index in [-0.39, 0.29) is 17.6 Å². The molecule has 4 heteroatoms. The van der Waals surface area contributed by atoms with Gasteiger partial charge in [-0.3, -0.25) is 0 Å². The minimum absolute atomic E-state index is 0. The molecule has 0 rings (SSSR count). The minimum Gasteiger partial charge on any atom is -0.412 e. The predicted octanol–water partition coefficient (Wildman–Crippen LogP) is -2.45. The number of likely N-dealkylation sites (N-methyl/N-ethyl adjacent to an activating group) is 1. The van der Waals surface area contributed by atoms with E-state index in [1.807, 2.05) is 0 Å². The van der Waals surface area contributed by atoms with Crippen LogP contribution in [-0.2, 0) is 0 Å². The fourth-order valence-electron chi connectivity index (χ4n) is 0.112. The fraction of sp³-hybridized carbons (Fsp3) is 1.00. The second-order valence-electron chi connectivity index (χ2n) is 0.827. The van der Waals surface area contributed by atoms with Gasteiger partial charge in [0.25, 0.3) is 0 Å². The summed E-state index contributed by atoms with van der Waals surface area (Å²) in [5.41, 5.74) is 0. The highest BCUT2D eigenvalue weighted by Crippen LogP contribution is 1.42. The summed E-state index contributed by atoms with van der Waals surface area (Å²) in [7, 11) is 1.80. The molecular weight excluding hydrogens is 98.0 g/mol. The Kier molecular flexibility index (Phi) is 38.3. The van der Waals surface area contributed by atoms with Gasteiger partial charge in [-0.15, -0.1) is 0 Å². The third-order valence-electron chi connectivity index (χ3n) is 0.362. The second kappa shape index (κ2) is 17.0. The number of hydrogen-bond acceptors (Lipinski definition) is 2. The van der Waals surface area contributed by atoms with Crippen molar-refractivity contribution in [1.29, 1.82) is 0 Å².